The molecule has 1 aliphatic heterocycles. The lowest BCUT2D eigenvalue weighted by molar-refractivity contribution is -0.116. The van der Waals surface area contributed by atoms with Crippen LogP contribution in [-0.4, -0.2) is 5.78 Å². The number of hydrogen-bond donors (Lipinski definition) is 2. The van der Waals surface area contributed by atoms with Crippen LogP contribution in [0.15, 0.2) is 120 Å². The summed E-state index contributed by atoms with van der Waals surface area (Å²) in [6, 6.07) is 36.5. The highest BCUT2D eigenvalue weighted by atomic mass is 16.5. The van der Waals surface area contributed by atoms with Gasteiger partial charge < -0.3 is 15.4 Å². The maximum atomic E-state index is 13.7. The lowest BCUT2D eigenvalue weighted by atomic mass is 9.78. The van der Waals surface area contributed by atoms with Gasteiger partial charge in [-0.1, -0.05) is 84.9 Å². The number of ketones is 1. The van der Waals surface area contributed by atoms with Gasteiger partial charge in [0.05, 0.1) is 17.4 Å². The molecule has 0 fully saturated rings. The average Bonchev–Trinajstić information content (AvgIpc) is 3.10. The fraction of sp³-hybridized carbons (Fsp3) is 0.156. The van der Waals surface area contributed by atoms with E-state index < -0.39 is 0 Å². The van der Waals surface area contributed by atoms with Gasteiger partial charge in [-0.25, -0.2) is 0 Å². The van der Waals surface area contributed by atoms with E-state index in [2.05, 4.69) is 59.2 Å². The Morgan fingerprint density at radius 3 is 2.22 bits per heavy atom. The van der Waals surface area contributed by atoms with E-state index in [1.54, 1.807) is 0 Å². The predicted molar refractivity (Wildman–Crippen MR) is 144 cm³/mol. The van der Waals surface area contributed by atoms with Crippen molar-refractivity contribution >= 4 is 17.2 Å². The van der Waals surface area contributed by atoms with E-state index in [0.717, 1.165) is 45.9 Å². The van der Waals surface area contributed by atoms with E-state index in [0.29, 0.717) is 13.0 Å². The second-order valence-corrected chi connectivity index (χ2v) is 9.43. The van der Waals surface area contributed by atoms with Gasteiger partial charge in [-0.3, -0.25) is 4.79 Å². The fourth-order valence-corrected chi connectivity index (χ4v) is 5.23. The van der Waals surface area contributed by atoms with Crippen molar-refractivity contribution in [2.45, 2.75) is 31.4 Å². The largest absolute Gasteiger partial charge is 0.489 e. The maximum Gasteiger partial charge on any atom is 0.163 e. The number of Topliss-reactive ketones (excluding diaryl/α,β-unsaturated/α-hetero) is 1. The molecule has 0 spiro atoms. The number of benzene rings is 4. The summed E-state index contributed by atoms with van der Waals surface area (Å²) in [5.41, 5.74) is 7.13. The van der Waals surface area contributed by atoms with Crippen molar-refractivity contribution in [2.24, 2.45) is 0 Å². The number of anilines is 2. The molecule has 4 aromatic rings. The molecule has 1 aliphatic carbocycles. The molecule has 2 aliphatic rings. The predicted octanol–water partition coefficient (Wildman–Crippen LogP) is 7.25. The number of fused-ring (bicyclic) bond motifs is 1. The third-order valence-electron chi connectivity index (χ3n) is 7.02. The van der Waals surface area contributed by atoms with Crippen LogP contribution in [0.3, 0.4) is 0 Å². The second kappa shape index (κ2) is 9.74. The van der Waals surface area contributed by atoms with Crippen LogP contribution < -0.4 is 15.4 Å². The first-order valence-corrected chi connectivity index (χ1v) is 12.4. The molecule has 6 rings (SSSR count). The molecule has 0 aromatic heterocycles. The number of nitrogens with one attached hydrogen (secondary N) is 2. The normalized spacial score (nSPS) is 18.8. The van der Waals surface area contributed by atoms with E-state index in [-0.39, 0.29) is 17.7 Å². The first-order valence-electron chi connectivity index (χ1n) is 12.4. The Labute approximate surface area is 211 Å². The monoisotopic (exact) mass is 472 g/mol. The van der Waals surface area contributed by atoms with Gasteiger partial charge >= 0.3 is 0 Å². The Kier molecular flexibility index (Phi) is 6.00. The summed E-state index contributed by atoms with van der Waals surface area (Å²) in [7, 11) is 0. The molecule has 4 aromatic carbocycles. The Bertz CT molecular complexity index is 1410. The number of rotatable bonds is 5. The molecule has 0 bridgehead atoms. The molecule has 2 N–H and O–H groups in total. The summed E-state index contributed by atoms with van der Waals surface area (Å²) < 4.78 is 6.12. The highest BCUT2D eigenvalue weighted by Crippen LogP contribution is 2.44. The van der Waals surface area contributed by atoms with E-state index >= 15 is 0 Å². The van der Waals surface area contributed by atoms with Crippen LogP contribution in [-0.2, 0) is 11.4 Å². The molecule has 0 radical (unpaired) electrons. The summed E-state index contributed by atoms with van der Waals surface area (Å²) in [5.74, 6) is 1.13. The first kappa shape index (κ1) is 22.2. The van der Waals surface area contributed by atoms with E-state index in [1.807, 2.05) is 60.7 Å². The van der Waals surface area contributed by atoms with Crippen LogP contribution in [0.1, 0.15) is 41.5 Å². The minimum atomic E-state index is -0.263. The molecule has 2 atom stereocenters. The first-order chi connectivity index (χ1) is 17.7. The lowest BCUT2D eigenvalue weighted by Gasteiger charge is -2.30. The molecule has 4 nitrogen and oxygen atoms in total. The summed E-state index contributed by atoms with van der Waals surface area (Å²) in [4.78, 5) is 13.7. The quantitative estimate of drug-likeness (QED) is 0.321. The molecule has 1 heterocycles. The van der Waals surface area contributed by atoms with Crippen LogP contribution >= 0.6 is 0 Å². The zero-order chi connectivity index (χ0) is 24.3. The third kappa shape index (κ3) is 4.50. The second-order valence-electron chi connectivity index (χ2n) is 9.43. The summed E-state index contributed by atoms with van der Waals surface area (Å²) in [5, 5.41) is 7.28. The van der Waals surface area contributed by atoms with Crippen LogP contribution in [0.2, 0.25) is 0 Å². The van der Waals surface area contributed by atoms with Crippen molar-refractivity contribution < 1.29 is 9.53 Å². The van der Waals surface area contributed by atoms with Gasteiger partial charge in [0.15, 0.2) is 5.78 Å². The molecular weight excluding hydrogens is 444 g/mol. The minimum absolute atomic E-state index is 0.163. The Balaban J connectivity index is 1.36. The highest BCUT2D eigenvalue weighted by Gasteiger charge is 2.36. The van der Waals surface area contributed by atoms with Gasteiger partial charge in [-0.15, -0.1) is 0 Å². The van der Waals surface area contributed by atoms with Crippen LogP contribution in [0.25, 0.3) is 0 Å². The van der Waals surface area contributed by atoms with Crippen LogP contribution in [0, 0.1) is 0 Å². The van der Waals surface area contributed by atoms with Gasteiger partial charge in [-0.2, -0.15) is 0 Å². The van der Waals surface area contributed by atoms with Gasteiger partial charge in [0.2, 0.25) is 0 Å². The molecule has 0 amide bonds. The third-order valence-corrected chi connectivity index (χ3v) is 7.02. The smallest absolute Gasteiger partial charge is 0.163 e. The topological polar surface area (TPSA) is 50.4 Å². The lowest BCUT2D eigenvalue weighted by Crippen LogP contribution is -2.26. The number of carbonyl (C=O) groups is 1. The van der Waals surface area contributed by atoms with Crippen molar-refractivity contribution in [1.82, 2.24) is 0 Å². The number of ether oxygens (including phenoxy) is 1. The number of hydrogen-bond acceptors (Lipinski definition) is 4. The molecular formula is C32H28N2O2. The van der Waals surface area contributed by atoms with E-state index in [4.69, 9.17) is 4.74 Å². The SMILES string of the molecule is O=C1C[C@H](c2ccccc2)CC2=C1[C@@H](c1cccc(OCc3ccccc3)c1)Nc1ccccc1N2. The van der Waals surface area contributed by atoms with Gasteiger partial charge in [-0.05, 0) is 53.3 Å². The Morgan fingerprint density at radius 2 is 1.42 bits per heavy atom. The molecule has 36 heavy (non-hydrogen) atoms. The summed E-state index contributed by atoms with van der Waals surface area (Å²) in [6.07, 6.45) is 1.30. The summed E-state index contributed by atoms with van der Waals surface area (Å²) in [6.45, 7) is 0.498. The molecule has 4 heteroatoms. The van der Waals surface area contributed by atoms with Crippen molar-refractivity contribution in [2.75, 3.05) is 10.6 Å². The zero-order valence-corrected chi connectivity index (χ0v) is 20.0. The standard InChI is InChI=1S/C32H28N2O2/c35-30-20-25(23-12-5-2-6-13-23)19-29-31(30)32(34-28-17-8-7-16-27(28)33-29)24-14-9-15-26(18-24)36-21-22-10-3-1-4-11-22/h1-18,25,32-34H,19-21H2/t25-,32-/m1/s1. The molecule has 0 unspecified atom stereocenters. The van der Waals surface area contributed by atoms with E-state index in [9.17, 15) is 4.79 Å². The van der Waals surface area contributed by atoms with Crippen LogP contribution in [0.5, 0.6) is 5.75 Å². The van der Waals surface area contributed by atoms with Gasteiger partial charge in [0.1, 0.15) is 12.4 Å². The Morgan fingerprint density at radius 1 is 0.722 bits per heavy atom. The van der Waals surface area contributed by atoms with Crippen molar-refractivity contribution in [3.05, 3.63) is 137 Å². The molecule has 178 valence electrons. The fourth-order valence-electron chi connectivity index (χ4n) is 5.23. The van der Waals surface area contributed by atoms with E-state index in [1.165, 1.54) is 5.56 Å². The van der Waals surface area contributed by atoms with Crippen molar-refractivity contribution in [3.63, 3.8) is 0 Å². The molecule has 0 saturated heterocycles. The highest BCUT2D eigenvalue weighted by molar-refractivity contribution is 6.01. The number of para-hydroxylation sites is 2. The van der Waals surface area contributed by atoms with Gasteiger partial charge in [0, 0.05) is 17.7 Å². The zero-order valence-electron chi connectivity index (χ0n) is 20.0. The Hall–Kier alpha value is -4.31. The van der Waals surface area contributed by atoms with Crippen molar-refractivity contribution in [1.29, 1.82) is 0 Å². The van der Waals surface area contributed by atoms with Crippen molar-refractivity contribution in [3.8, 4) is 5.75 Å². The number of carbonyl (C=O) groups excluding carboxylic acids is 1. The average molecular weight is 473 g/mol. The molecule has 0 saturated carbocycles. The van der Waals surface area contributed by atoms with Gasteiger partial charge in [0.25, 0.3) is 0 Å². The minimum Gasteiger partial charge on any atom is -0.489 e. The maximum absolute atomic E-state index is 13.7. The number of allylic oxidation sites excluding steroid dienone is 1. The summed E-state index contributed by atoms with van der Waals surface area (Å²) >= 11 is 0. The van der Waals surface area contributed by atoms with Crippen LogP contribution in [0.4, 0.5) is 11.4 Å².